The number of ketones is 1. The summed E-state index contributed by atoms with van der Waals surface area (Å²) >= 11 is 0. The Balaban J connectivity index is 1.88. The lowest BCUT2D eigenvalue weighted by molar-refractivity contribution is -0.136. The molecule has 5 heteroatoms. The van der Waals surface area contributed by atoms with Gasteiger partial charge in [-0.05, 0) is 38.1 Å². The fourth-order valence-electron chi connectivity index (χ4n) is 2.40. The van der Waals surface area contributed by atoms with Gasteiger partial charge in [0, 0.05) is 44.0 Å². The summed E-state index contributed by atoms with van der Waals surface area (Å²) in [5, 5.41) is 0. The van der Waals surface area contributed by atoms with Gasteiger partial charge in [0.15, 0.2) is 5.78 Å². The van der Waals surface area contributed by atoms with E-state index in [-0.39, 0.29) is 18.3 Å². The highest BCUT2D eigenvalue weighted by atomic mass is 16.5. The van der Waals surface area contributed by atoms with Crippen LogP contribution in [0.1, 0.15) is 24.2 Å². The normalized spacial score (nSPS) is 15.1. The summed E-state index contributed by atoms with van der Waals surface area (Å²) in [4.78, 5) is 27.2. The molecule has 1 amide bonds. The van der Waals surface area contributed by atoms with E-state index in [0.29, 0.717) is 19.7 Å². The van der Waals surface area contributed by atoms with Gasteiger partial charge in [0.2, 0.25) is 5.91 Å². The van der Waals surface area contributed by atoms with E-state index < -0.39 is 0 Å². The molecule has 1 aromatic rings. The molecule has 1 heterocycles. The Morgan fingerprint density at radius 1 is 1.10 bits per heavy atom. The van der Waals surface area contributed by atoms with Crippen molar-refractivity contribution in [2.45, 2.75) is 13.8 Å². The number of amides is 1. The van der Waals surface area contributed by atoms with Crippen molar-refractivity contribution in [3.05, 3.63) is 29.8 Å². The molecule has 0 radical (unpaired) electrons. The Morgan fingerprint density at radius 3 is 2.24 bits per heavy atom. The molecule has 1 saturated heterocycles. The first-order chi connectivity index (χ1) is 10.1. The Kier molecular flexibility index (Phi) is 5.33. The second-order valence-corrected chi connectivity index (χ2v) is 5.11. The van der Waals surface area contributed by atoms with Crippen LogP contribution in [0.5, 0.6) is 0 Å². The van der Waals surface area contributed by atoms with Gasteiger partial charge in [-0.2, -0.15) is 0 Å². The summed E-state index contributed by atoms with van der Waals surface area (Å²) in [5.74, 6) is 0.135. The van der Waals surface area contributed by atoms with Crippen LogP contribution >= 0.6 is 0 Å². The van der Waals surface area contributed by atoms with Gasteiger partial charge in [-0.1, -0.05) is 0 Å². The first-order valence-electron chi connectivity index (χ1n) is 7.33. The zero-order valence-corrected chi connectivity index (χ0v) is 12.7. The van der Waals surface area contributed by atoms with Crippen LogP contribution in [0.25, 0.3) is 0 Å². The molecule has 1 fully saturated rings. The summed E-state index contributed by atoms with van der Waals surface area (Å²) in [6, 6.07) is 7.64. The van der Waals surface area contributed by atoms with E-state index in [1.165, 1.54) is 0 Å². The van der Waals surface area contributed by atoms with Crippen LogP contribution in [0.4, 0.5) is 5.69 Å². The lowest BCUT2D eigenvalue weighted by Crippen LogP contribution is -2.49. The number of rotatable bonds is 5. The maximum Gasteiger partial charge on any atom is 0.248 e. The number of nitrogens with zero attached hydrogens (tertiary/aromatic N) is 2. The van der Waals surface area contributed by atoms with E-state index in [9.17, 15) is 9.59 Å². The summed E-state index contributed by atoms with van der Waals surface area (Å²) in [6.45, 7) is 7.21. The van der Waals surface area contributed by atoms with Crippen LogP contribution in [-0.4, -0.2) is 56.0 Å². The molecule has 1 aliphatic rings. The molecule has 0 unspecified atom stereocenters. The molecule has 5 nitrogen and oxygen atoms in total. The average Bonchev–Trinajstić information content (AvgIpc) is 2.53. The van der Waals surface area contributed by atoms with Crippen molar-refractivity contribution in [1.29, 1.82) is 0 Å². The van der Waals surface area contributed by atoms with Crippen LogP contribution in [0, 0.1) is 0 Å². The van der Waals surface area contributed by atoms with Crippen molar-refractivity contribution in [2.24, 2.45) is 0 Å². The maximum atomic E-state index is 11.9. The Morgan fingerprint density at radius 2 is 1.71 bits per heavy atom. The second-order valence-electron chi connectivity index (χ2n) is 5.11. The molecule has 0 saturated carbocycles. The van der Waals surface area contributed by atoms with E-state index in [4.69, 9.17) is 4.74 Å². The SMILES string of the molecule is CCOCC(=O)N1CCN(c2ccc(C(C)=O)cc2)CC1. The van der Waals surface area contributed by atoms with E-state index >= 15 is 0 Å². The fourth-order valence-corrected chi connectivity index (χ4v) is 2.40. The number of hydrogen-bond donors (Lipinski definition) is 0. The third-order valence-corrected chi connectivity index (χ3v) is 3.70. The van der Waals surface area contributed by atoms with Gasteiger partial charge in [-0.25, -0.2) is 0 Å². The summed E-state index contributed by atoms with van der Waals surface area (Å²) in [6.07, 6.45) is 0. The number of ether oxygens (including phenoxy) is 1. The maximum absolute atomic E-state index is 11.9. The van der Waals surface area contributed by atoms with Gasteiger partial charge >= 0.3 is 0 Å². The van der Waals surface area contributed by atoms with Crippen molar-refractivity contribution >= 4 is 17.4 Å². The van der Waals surface area contributed by atoms with Gasteiger partial charge in [-0.15, -0.1) is 0 Å². The summed E-state index contributed by atoms with van der Waals surface area (Å²) in [5.41, 5.74) is 1.82. The summed E-state index contributed by atoms with van der Waals surface area (Å²) < 4.78 is 5.16. The van der Waals surface area contributed by atoms with Crippen molar-refractivity contribution in [3.8, 4) is 0 Å². The number of anilines is 1. The molecular formula is C16H22N2O3. The van der Waals surface area contributed by atoms with Crippen molar-refractivity contribution in [3.63, 3.8) is 0 Å². The first kappa shape index (κ1) is 15.5. The van der Waals surface area contributed by atoms with Gasteiger partial charge in [0.1, 0.15) is 6.61 Å². The number of hydrogen-bond acceptors (Lipinski definition) is 4. The number of Topliss-reactive ketones (excluding diaryl/α,β-unsaturated/α-hetero) is 1. The molecule has 21 heavy (non-hydrogen) atoms. The molecule has 0 spiro atoms. The highest BCUT2D eigenvalue weighted by Gasteiger charge is 2.21. The van der Waals surface area contributed by atoms with Crippen molar-refractivity contribution in [1.82, 2.24) is 4.90 Å². The molecule has 2 rings (SSSR count). The van der Waals surface area contributed by atoms with Crippen LogP contribution in [0.3, 0.4) is 0 Å². The molecule has 0 aromatic heterocycles. The lowest BCUT2D eigenvalue weighted by Gasteiger charge is -2.36. The Labute approximate surface area is 125 Å². The van der Waals surface area contributed by atoms with E-state index in [1.54, 1.807) is 6.92 Å². The van der Waals surface area contributed by atoms with Crippen LogP contribution in [0.2, 0.25) is 0 Å². The Bertz CT molecular complexity index is 491. The number of benzene rings is 1. The topological polar surface area (TPSA) is 49.9 Å². The number of carbonyl (C=O) groups is 2. The number of piperazine rings is 1. The molecule has 0 bridgehead atoms. The predicted octanol–water partition coefficient (Wildman–Crippen LogP) is 1.57. The van der Waals surface area contributed by atoms with Crippen LogP contribution in [0.15, 0.2) is 24.3 Å². The zero-order chi connectivity index (χ0) is 15.2. The molecule has 1 aromatic carbocycles. The van der Waals surface area contributed by atoms with Crippen molar-refractivity contribution in [2.75, 3.05) is 44.3 Å². The molecule has 0 N–H and O–H groups in total. The van der Waals surface area contributed by atoms with Gasteiger partial charge in [0.25, 0.3) is 0 Å². The van der Waals surface area contributed by atoms with Crippen LogP contribution in [-0.2, 0) is 9.53 Å². The molecule has 1 aliphatic heterocycles. The monoisotopic (exact) mass is 290 g/mol. The highest BCUT2D eigenvalue weighted by Crippen LogP contribution is 2.17. The summed E-state index contributed by atoms with van der Waals surface area (Å²) in [7, 11) is 0. The zero-order valence-electron chi connectivity index (χ0n) is 12.7. The second kappa shape index (κ2) is 7.22. The predicted molar refractivity (Wildman–Crippen MR) is 81.7 cm³/mol. The van der Waals surface area contributed by atoms with Crippen molar-refractivity contribution < 1.29 is 14.3 Å². The quantitative estimate of drug-likeness (QED) is 0.773. The molecule has 0 aliphatic carbocycles. The van der Waals surface area contributed by atoms with E-state index in [1.807, 2.05) is 36.1 Å². The highest BCUT2D eigenvalue weighted by molar-refractivity contribution is 5.94. The van der Waals surface area contributed by atoms with Gasteiger partial charge < -0.3 is 14.5 Å². The number of carbonyl (C=O) groups excluding carboxylic acids is 2. The molecule has 114 valence electrons. The average molecular weight is 290 g/mol. The first-order valence-corrected chi connectivity index (χ1v) is 7.33. The molecule has 0 atom stereocenters. The smallest absolute Gasteiger partial charge is 0.248 e. The van der Waals surface area contributed by atoms with E-state index in [0.717, 1.165) is 24.3 Å². The minimum absolute atomic E-state index is 0.0587. The third kappa shape index (κ3) is 4.04. The third-order valence-electron chi connectivity index (χ3n) is 3.70. The van der Waals surface area contributed by atoms with E-state index in [2.05, 4.69) is 4.90 Å². The fraction of sp³-hybridized carbons (Fsp3) is 0.500. The largest absolute Gasteiger partial charge is 0.372 e. The lowest BCUT2D eigenvalue weighted by atomic mass is 10.1. The standard InChI is InChI=1S/C16H22N2O3/c1-3-21-12-16(20)18-10-8-17(9-11-18)15-6-4-14(5-7-15)13(2)19/h4-7H,3,8-12H2,1-2H3. The molecular weight excluding hydrogens is 268 g/mol. The van der Waals surface area contributed by atoms with Crippen LogP contribution < -0.4 is 4.90 Å². The Hall–Kier alpha value is -1.88. The minimum atomic E-state index is 0.0587. The van der Waals surface area contributed by atoms with Gasteiger partial charge in [-0.3, -0.25) is 9.59 Å². The van der Waals surface area contributed by atoms with Gasteiger partial charge in [0.05, 0.1) is 0 Å². The minimum Gasteiger partial charge on any atom is -0.372 e.